The summed E-state index contributed by atoms with van der Waals surface area (Å²) >= 11 is 1.42. The van der Waals surface area contributed by atoms with Gasteiger partial charge in [-0.05, 0) is 11.6 Å². The Hall–Kier alpha value is -2.39. The van der Waals surface area contributed by atoms with Crippen LogP contribution in [-0.4, -0.2) is 11.0 Å². The second kappa shape index (κ2) is 6.37. The summed E-state index contributed by atoms with van der Waals surface area (Å²) in [6.07, 6.45) is 5.68. The van der Waals surface area contributed by atoms with Crippen molar-refractivity contribution < 1.29 is 4.79 Å². The molecule has 0 spiro atoms. The number of allylic oxidation sites excluding steroid dienone is 2. The number of amides is 1. The van der Waals surface area contributed by atoms with Gasteiger partial charge in [-0.15, -0.1) is 0 Å². The van der Waals surface area contributed by atoms with Crippen LogP contribution in [0.1, 0.15) is 11.1 Å². The first-order valence-electron chi connectivity index (χ1n) is 6.62. The number of rotatable bonds is 3. The fourth-order valence-corrected chi connectivity index (χ4v) is 2.81. The van der Waals surface area contributed by atoms with Crippen LogP contribution in [-0.2, 0) is 4.79 Å². The van der Waals surface area contributed by atoms with Crippen LogP contribution in [0.2, 0.25) is 0 Å². The van der Waals surface area contributed by atoms with Crippen molar-refractivity contribution >= 4 is 28.8 Å². The number of aliphatic imine (C=N–C) groups is 1. The van der Waals surface area contributed by atoms with E-state index in [4.69, 9.17) is 0 Å². The van der Waals surface area contributed by atoms with Gasteiger partial charge in [0.15, 0.2) is 0 Å². The molecule has 0 bridgehead atoms. The molecular weight excluding hydrogens is 278 g/mol. The minimum atomic E-state index is -0.170. The minimum Gasteiger partial charge on any atom is -0.266 e. The first-order chi connectivity index (χ1) is 10.3. The molecule has 2 nitrogen and oxygen atoms in total. The lowest BCUT2D eigenvalue weighted by molar-refractivity contribution is -0.113. The molecule has 102 valence electrons. The zero-order chi connectivity index (χ0) is 14.5. The van der Waals surface area contributed by atoms with Gasteiger partial charge in [0.1, 0.15) is 5.04 Å². The summed E-state index contributed by atoms with van der Waals surface area (Å²) in [4.78, 5) is 16.6. The fraction of sp³-hybridized carbons (Fsp3) is 0. The highest BCUT2D eigenvalue weighted by Crippen LogP contribution is 2.30. The molecule has 1 amide bonds. The molecule has 0 atom stereocenters. The van der Waals surface area contributed by atoms with Gasteiger partial charge in [-0.3, -0.25) is 4.79 Å². The van der Waals surface area contributed by atoms with Crippen LogP contribution in [0.3, 0.4) is 0 Å². The highest BCUT2D eigenvalue weighted by atomic mass is 32.2. The number of carbonyl (C=O) groups is 1. The molecule has 0 aromatic heterocycles. The molecule has 0 aliphatic carbocycles. The van der Waals surface area contributed by atoms with E-state index >= 15 is 0 Å². The predicted molar refractivity (Wildman–Crippen MR) is 89.1 cm³/mol. The SMILES string of the molecule is O=C1N=C(c2ccccc2)S/C1=C/C=C\c1ccccc1. The predicted octanol–water partition coefficient (Wildman–Crippen LogP) is 4.30. The Morgan fingerprint density at radius 1 is 0.905 bits per heavy atom. The molecule has 0 radical (unpaired) electrons. The van der Waals surface area contributed by atoms with Crippen molar-refractivity contribution in [2.24, 2.45) is 4.99 Å². The molecule has 0 saturated heterocycles. The number of hydrogen-bond acceptors (Lipinski definition) is 2. The van der Waals surface area contributed by atoms with E-state index in [0.717, 1.165) is 16.2 Å². The van der Waals surface area contributed by atoms with E-state index in [0.29, 0.717) is 4.91 Å². The molecule has 3 heteroatoms. The van der Waals surface area contributed by atoms with Crippen LogP contribution in [0.25, 0.3) is 6.08 Å². The van der Waals surface area contributed by atoms with E-state index < -0.39 is 0 Å². The highest BCUT2D eigenvalue weighted by Gasteiger charge is 2.21. The van der Waals surface area contributed by atoms with E-state index in [1.807, 2.05) is 78.9 Å². The maximum Gasteiger partial charge on any atom is 0.284 e. The first-order valence-corrected chi connectivity index (χ1v) is 7.44. The monoisotopic (exact) mass is 291 g/mol. The van der Waals surface area contributed by atoms with Crippen molar-refractivity contribution in [2.45, 2.75) is 0 Å². The van der Waals surface area contributed by atoms with Crippen molar-refractivity contribution in [1.29, 1.82) is 0 Å². The van der Waals surface area contributed by atoms with Crippen molar-refractivity contribution in [3.63, 3.8) is 0 Å². The van der Waals surface area contributed by atoms with Gasteiger partial charge in [-0.1, -0.05) is 84.6 Å². The summed E-state index contributed by atoms with van der Waals surface area (Å²) in [6.45, 7) is 0. The molecule has 21 heavy (non-hydrogen) atoms. The molecule has 0 fully saturated rings. The van der Waals surface area contributed by atoms with Crippen molar-refractivity contribution in [3.05, 3.63) is 88.8 Å². The Balaban J connectivity index is 1.73. The van der Waals surface area contributed by atoms with Gasteiger partial charge in [0.05, 0.1) is 4.91 Å². The van der Waals surface area contributed by atoms with Crippen LogP contribution in [0, 0.1) is 0 Å². The molecule has 1 heterocycles. The number of thioether (sulfide) groups is 1. The number of nitrogens with zero attached hydrogens (tertiary/aromatic N) is 1. The van der Waals surface area contributed by atoms with Gasteiger partial charge in [-0.25, -0.2) is 4.99 Å². The van der Waals surface area contributed by atoms with Crippen LogP contribution in [0.4, 0.5) is 0 Å². The summed E-state index contributed by atoms with van der Waals surface area (Å²) < 4.78 is 0. The largest absolute Gasteiger partial charge is 0.284 e. The fourth-order valence-electron chi connectivity index (χ4n) is 1.94. The third-order valence-corrected chi connectivity index (χ3v) is 4.03. The second-order valence-electron chi connectivity index (χ2n) is 4.49. The Morgan fingerprint density at radius 2 is 1.57 bits per heavy atom. The van der Waals surface area contributed by atoms with Crippen molar-refractivity contribution in [1.82, 2.24) is 0 Å². The molecule has 2 aromatic carbocycles. The average molecular weight is 291 g/mol. The zero-order valence-corrected chi connectivity index (χ0v) is 12.1. The van der Waals surface area contributed by atoms with Crippen LogP contribution < -0.4 is 0 Å². The Morgan fingerprint density at radius 3 is 2.29 bits per heavy atom. The standard InChI is InChI=1S/C18H13NOS/c20-17-16(13-7-10-14-8-3-1-4-9-14)21-18(19-17)15-11-5-2-6-12-15/h1-13H/b10-7-,16-13+. The molecule has 0 unspecified atom stereocenters. The number of hydrogen-bond donors (Lipinski definition) is 0. The van der Waals surface area contributed by atoms with E-state index in [1.54, 1.807) is 0 Å². The minimum absolute atomic E-state index is 0.170. The van der Waals surface area contributed by atoms with Gasteiger partial charge in [0, 0.05) is 5.56 Å². The molecule has 0 N–H and O–H groups in total. The van der Waals surface area contributed by atoms with E-state index in [-0.39, 0.29) is 5.91 Å². The average Bonchev–Trinajstić information content (AvgIpc) is 2.91. The van der Waals surface area contributed by atoms with E-state index in [1.165, 1.54) is 11.8 Å². The lowest BCUT2D eigenvalue weighted by Crippen LogP contribution is -1.89. The summed E-state index contributed by atoms with van der Waals surface area (Å²) in [5.74, 6) is -0.170. The van der Waals surface area contributed by atoms with Crippen LogP contribution in [0.15, 0.2) is 82.7 Å². The van der Waals surface area contributed by atoms with Crippen LogP contribution in [0.5, 0.6) is 0 Å². The lowest BCUT2D eigenvalue weighted by Gasteiger charge is -1.97. The second-order valence-corrected chi connectivity index (χ2v) is 5.52. The quantitative estimate of drug-likeness (QED) is 0.789. The van der Waals surface area contributed by atoms with Crippen LogP contribution >= 0.6 is 11.8 Å². The maximum atomic E-state index is 11.9. The lowest BCUT2D eigenvalue weighted by atomic mass is 10.2. The molecule has 3 rings (SSSR count). The molecule has 0 saturated carbocycles. The Bertz CT molecular complexity index is 730. The normalized spacial score (nSPS) is 16.7. The molecular formula is C18H13NOS. The first kappa shape index (κ1) is 13.6. The maximum absolute atomic E-state index is 11.9. The zero-order valence-electron chi connectivity index (χ0n) is 11.3. The van der Waals surface area contributed by atoms with Crippen molar-refractivity contribution in [3.8, 4) is 0 Å². The van der Waals surface area contributed by atoms with Gasteiger partial charge in [0.2, 0.25) is 0 Å². The topological polar surface area (TPSA) is 29.4 Å². The highest BCUT2D eigenvalue weighted by molar-refractivity contribution is 8.19. The summed E-state index contributed by atoms with van der Waals surface area (Å²) in [5.41, 5.74) is 2.08. The third kappa shape index (κ3) is 3.38. The van der Waals surface area contributed by atoms with Crippen molar-refractivity contribution in [2.75, 3.05) is 0 Å². The van der Waals surface area contributed by atoms with Gasteiger partial charge in [-0.2, -0.15) is 0 Å². The number of benzene rings is 2. The smallest absolute Gasteiger partial charge is 0.266 e. The molecule has 1 aliphatic rings. The van der Waals surface area contributed by atoms with Gasteiger partial charge < -0.3 is 0 Å². The summed E-state index contributed by atoms with van der Waals surface area (Å²) in [6, 6.07) is 19.7. The Kier molecular flexibility index (Phi) is 4.12. The number of carbonyl (C=O) groups excluding carboxylic acids is 1. The molecule has 1 aliphatic heterocycles. The Labute approximate surface area is 127 Å². The van der Waals surface area contributed by atoms with Gasteiger partial charge in [0.25, 0.3) is 5.91 Å². The van der Waals surface area contributed by atoms with Gasteiger partial charge >= 0.3 is 0 Å². The third-order valence-electron chi connectivity index (χ3n) is 2.98. The summed E-state index contributed by atoms with van der Waals surface area (Å²) in [7, 11) is 0. The van der Waals surface area contributed by atoms with E-state index in [9.17, 15) is 4.79 Å². The summed E-state index contributed by atoms with van der Waals surface area (Å²) in [5, 5.41) is 0.764. The van der Waals surface area contributed by atoms with E-state index in [2.05, 4.69) is 4.99 Å². The molecule has 2 aromatic rings.